The largest absolute Gasteiger partial charge is 0.324 e. The quantitative estimate of drug-likeness (QED) is 0.734. The highest BCUT2D eigenvalue weighted by Crippen LogP contribution is 2.12. The first-order chi connectivity index (χ1) is 10.9. The van der Waals surface area contributed by atoms with Gasteiger partial charge in [-0.3, -0.25) is 0 Å². The van der Waals surface area contributed by atoms with Gasteiger partial charge in [-0.15, -0.1) is 0 Å². The van der Waals surface area contributed by atoms with Gasteiger partial charge in [-0.2, -0.15) is 4.72 Å². The molecule has 2 rings (SSSR count). The van der Waals surface area contributed by atoms with Crippen LogP contribution in [0.4, 0.5) is 10.5 Å². The molecule has 0 saturated heterocycles. The molecule has 0 aliphatic rings. The Hall–Kier alpha value is -2.38. The van der Waals surface area contributed by atoms with Crippen LogP contribution in [0.3, 0.4) is 0 Å². The van der Waals surface area contributed by atoms with Gasteiger partial charge in [0.1, 0.15) is 0 Å². The van der Waals surface area contributed by atoms with Crippen molar-refractivity contribution < 1.29 is 13.2 Å². The van der Waals surface area contributed by atoms with Crippen LogP contribution in [0.5, 0.6) is 0 Å². The summed E-state index contributed by atoms with van der Waals surface area (Å²) >= 11 is 0. The Morgan fingerprint density at radius 3 is 2.30 bits per heavy atom. The van der Waals surface area contributed by atoms with Crippen molar-refractivity contribution in [2.45, 2.75) is 18.7 Å². The van der Waals surface area contributed by atoms with Gasteiger partial charge in [0.05, 0.1) is 11.6 Å². The molecule has 0 saturated carbocycles. The molecule has 0 spiro atoms. The van der Waals surface area contributed by atoms with Crippen LogP contribution in [0.1, 0.15) is 11.1 Å². The van der Waals surface area contributed by atoms with E-state index in [1.807, 2.05) is 32.0 Å². The first-order valence-corrected chi connectivity index (χ1v) is 8.53. The molecule has 0 unspecified atom stereocenters. The third kappa shape index (κ3) is 4.80. The van der Waals surface area contributed by atoms with Crippen LogP contribution in [0.25, 0.3) is 0 Å². The van der Waals surface area contributed by atoms with E-state index in [9.17, 15) is 13.2 Å². The van der Waals surface area contributed by atoms with Gasteiger partial charge in [0, 0.05) is 5.69 Å². The van der Waals surface area contributed by atoms with E-state index < -0.39 is 16.1 Å². The molecule has 0 aromatic heterocycles. The summed E-state index contributed by atoms with van der Waals surface area (Å²) in [6, 6.07) is 13.3. The molecule has 0 aliphatic heterocycles. The van der Waals surface area contributed by atoms with Crippen LogP contribution in [0.2, 0.25) is 0 Å². The number of anilines is 1. The van der Waals surface area contributed by atoms with Gasteiger partial charge in [0.2, 0.25) is 10.0 Å². The van der Waals surface area contributed by atoms with E-state index in [-0.39, 0.29) is 11.6 Å². The lowest BCUT2D eigenvalue weighted by atomic mass is 10.2. The molecule has 2 amide bonds. The number of amides is 2. The van der Waals surface area contributed by atoms with Gasteiger partial charge in [-0.1, -0.05) is 35.9 Å². The van der Waals surface area contributed by atoms with Crippen molar-refractivity contribution in [2.24, 2.45) is 0 Å². The second-order valence-corrected chi connectivity index (χ2v) is 6.85. The zero-order valence-electron chi connectivity index (χ0n) is 13.0. The Kier molecular flexibility index (Phi) is 5.36. The van der Waals surface area contributed by atoms with E-state index in [1.54, 1.807) is 18.2 Å². The smallest absolute Gasteiger partial charge is 0.320 e. The molecule has 7 heteroatoms. The predicted molar refractivity (Wildman–Crippen MR) is 89.7 cm³/mol. The number of carbonyl (C=O) groups is 1. The lowest BCUT2D eigenvalue weighted by molar-refractivity contribution is 0.252. The minimum atomic E-state index is -3.65. The summed E-state index contributed by atoms with van der Waals surface area (Å²) in [7, 11) is -3.65. The lowest BCUT2D eigenvalue weighted by Crippen LogP contribution is -2.39. The number of benzene rings is 2. The number of carbonyl (C=O) groups excluding carboxylic acids is 1. The fourth-order valence-corrected chi connectivity index (χ4v) is 2.82. The molecule has 3 N–H and O–H groups in total. The standard InChI is InChI=1S/C16H19N3O3S/c1-12-7-9-14(10-8-12)23(21,22)18-11-17-16(20)19-15-6-4-3-5-13(15)2/h3-10,18H,11H2,1-2H3,(H2,17,19,20). The Morgan fingerprint density at radius 2 is 1.65 bits per heavy atom. The molecule has 0 heterocycles. The average Bonchev–Trinajstić information content (AvgIpc) is 2.50. The molecule has 2 aromatic rings. The molecule has 2 aromatic carbocycles. The minimum Gasteiger partial charge on any atom is -0.324 e. The molecule has 0 radical (unpaired) electrons. The van der Waals surface area contributed by atoms with Crippen molar-refractivity contribution in [2.75, 3.05) is 12.0 Å². The number of para-hydroxylation sites is 1. The summed E-state index contributed by atoms with van der Waals surface area (Å²) in [6.45, 7) is 3.55. The second kappa shape index (κ2) is 7.26. The maximum atomic E-state index is 12.1. The van der Waals surface area contributed by atoms with Crippen molar-refractivity contribution in [3.63, 3.8) is 0 Å². The molecule has 0 atom stereocenters. The number of rotatable bonds is 5. The molecule has 0 fully saturated rings. The number of urea groups is 1. The Morgan fingerprint density at radius 1 is 1.00 bits per heavy atom. The van der Waals surface area contributed by atoms with Gasteiger partial charge in [-0.25, -0.2) is 13.2 Å². The zero-order chi connectivity index (χ0) is 16.9. The molecule has 0 aliphatic carbocycles. The summed E-state index contributed by atoms with van der Waals surface area (Å²) in [5.41, 5.74) is 2.56. The van der Waals surface area contributed by atoms with Crippen LogP contribution in [-0.4, -0.2) is 21.1 Å². The fourth-order valence-electron chi connectivity index (χ4n) is 1.89. The van der Waals surface area contributed by atoms with Gasteiger partial charge in [-0.05, 0) is 37.6 Å². The molecular formula is C16H19N3O3S. The Labute approximate surface area is 136 Å². The zero-order valence-corrected chi connectivity index (χ0v) is 13.8. The first-order valence-electron chi connectivity index (χ1n) is 7.05. The van der Waals surface area contributed by atoms with E-state index in [2.05, 4.69) is 15.4 Å². The SMILES string of the molecule is Cc1ccc(S(=O)(=O)NCNC(=O)Nc2ccccc2C)cc1. The Balaban J connectivity index is 1.88. The number of sulfonamides is 1. The van der Waals surface area contributed by atoms with Gasteiger partial charge in [0.25, 0.3) is 0 Å². The van der Waals surface area contributed by atoms with Crippen LogP contribution < -0.4 is 15.4 Å². The highest BCUT2D eigenvalue weighted by atomic mass is 32.2. The first kappa shape index (κ1) is 17.0. The van der Waals surface area contributed by atoms with Crippen molar-refractivity contribution in [3.8, 4) is 0 Å². The third-order valence-corrected chi connectivity index (χ3v) is 4.65. The molecule has 122 valence electrons. The van der Waals surface area contributed by atoms with Crippen molar-refractivity contribution in [1.29, 1.82) is 0 Å². The van der Waals surface area contributed by atoms with Crippen molar-refractivity contribution in [1.82, 2.24) is 10.0 Å². The summed E-state index contributed by atoms with van der Waals surface area (Å²) in [6.07, 6.45) is 0. The van der Waals surface area contributed by atoms with Gasteiger partial charge in [0.15, 0.2) is 0 Å². The topological polar surface area (TPSA) is 87.3 Å². The molecule has 23 heavy (non-hydrogen) atoms. The summed E-state index contributed by atoms with van der Waals surface area (Å²) in [5, 5.41) is 5.11. The van der Waals surface area contributed by atoms with Crippen LogP contribution in [0, 0.1) is 13.8 Å². The monoisotopic (exact) mass is 333 g/mol. The molecule has 0 bridgehead atoms. The maximum absolute atomic E-state index is 12.1. The average molecular weight is 333 g/mol. The number of nitrogens with one attached hydrogen (secondary N) is 3. The van der Waals surface area contributed by atoms with Gasteiger partial charge >= 0.3 is 6.03 Å². The number of aryl methyl sites for hydroxylation is 2. The van der Waals surface area contributed by atoms with Crippen LogP contribution >= 0.6 is 0 Å². The lowest BCUT2D eigenvalue weighted by Gasteiger charge is -2.11. The summed E-state index contributed by atoms with van der Waals surface area (Å²) in [4.78, 5) is 11.9. The van der Waals surface area contributed by atoms with E-state index in [0.717, 1.165) is 11.1 Å². The number of hydrogen-bond donors (Lipinski definition) is 3. The normalized spacial score (nSPS) is 11.0. The van der Waals surface area contributed by atoms with E-state index in [0.29, 0.717) is 5.69 Å². The van der Waals surface area contributed by atoms with Gasteiger partial charge < -0.3 is 10.6 Å². The molecule has 6 nitrogen and oxygen atoms in total. The van der Waals surface area contributed by atoms with Crippen LogP contribution in [0.15, 0.2) is 53.4 Å². The fraction of sp³-hybridized carbons (Fsp3) is 0.188. The molecular weight excluding hydrogens is 314 g/mol. The second-order valence-electron chi connectivity index (χ2n) is 5.08. The van der Waals surface area contributed by atoms with E-state index >= 15 is 0 Å². The summed E-state index contributed by atoms with van der Waals surface area (Å²) < 4.78 is 26.4. The highest BCUT2D eigenvalue weighted by Gasteiger charge is 2.13. The minimum absolute atomic E-state index is 0.157. The summed E-state index contributed by atoms with van der Waals surface area (Å²) in [5.74, 6) is 0. The van der Waals surface area contributed by atoms with Crippen molar-refractivity contribution in [3.05, 3.63) is 59.7 Å². The van der Waals surface area contributed by atoms with E-state index in [1.165, 1.54) is 12.1 Å². The highest BCUT2D eigenvalue weighted by molar-refractivity contribution is 7.89. The van der Waals surface area contributed by atoms with E-state index in [4.69, 9.17) is 0 Å². The van der Waals surface area contributed by atoms with Crippen molar-refractivity contribution >= 4 is 21.7 Å². The predicted octanol–water partition coefficient (Wildman–Crippen LogP) is 2.36. The van der Waals surface area contributed by atoms with Crippen LogP contribution in [-0.2, 0) is 10.0 Å². The Bertz CT molecular complexity index is 786. The maximum Gasteiger partial charge on any atom is 0.320 e. The number of hydrogen-bond acceptors (Lipinski definition) is 3. The third-order valence-electron chi connectivity index (χ3n) is 3.24.